The molecule has 2 aromatic rings. The molecule has 2 aromatic heterocycles. The van der Waals surface area contributed by atoms with Gasteiger partial charge in [-0.2, -0.15) is 0 Å². The van der Waals surface area contributed by atoms with E-state index in [0.717, 1.165) is 48.6 Å². The van der Waals surface area contributed by atoms with Crippen LogP contribution in [0.15, 0.2) is 11.4 Å². The summed E-state index contributed by atoms with van der Waals surface area (Å²) in [6, 6.07) is 0. The van der Waals surface area contributed by atoms with Gasteiger partial charge in [0.15, 0.2) is 5.69 Å². The lowest BCUT2D eigenvalue weighted by Crippen LogP contribution is -2.25. The molecule has 0 unspecified atom stereocenters. The Balaban J connectivity index is 1.99. The van der Waals surface area contributed by atoms with Crippen molar-refractivity contribution in [3.8, 4) is 0 Å². The lowest BCUT2D eigenvalue weighted by molar-refractivity contribution is 0.0956. The Morgan fingerprint density at radius 3 is 2.64 bits per heavy atom. The Labute approximate surface area is 171 Å². The molecule has 11 heteroatoms. The molecule has 0 bridgehead atoms. The first-order valence-electron chi connectivity index (χ1n) is 8.69. The average molecular weight is 443 g/mol. The van der Waals surface area contributed by atoms with Crippen LogP contribution in [0.4, 0.5) is 5.00 Å². The molecular weight excluding hydrogens is 424 g/mol. The molecule has 0 spiro atoms. The maximum atomic E-state index is 12.8. The molecule has 1 aliphatic rings. The van der Waals surface area contributed by atoms with E-state index in [1.807, 2.05) is 6.92 Å². The summed E-state index contributed by atoms with van der Waals surface area (Å²) in [4.78, 5) is 33.9. The number of carbonyl (C=O) groups excluding carboxylic acids is 2. The molecule has 0 atom stereocenters. The first-order valence-corrected chi connectivity index (χ1v) is 11.8. The monoisotopic (exact) mass is 442 g/mol. The Hall–Kier alpha value is -2.04. The third kappa shape index (κ3) is 4.18. The van der Waals surface area contributed by atoms with Gasteiger partial charge in [0.2, 0.25) is 15.0 Å². The molecule has 0 aliphatic heterocycles. The zero-order valence-corrected chi connectivity index (χ0v) is 17.7. The molecule has 0 radical (unpaired) electrons. The summed E-state index contributed by atoms with van der Waals surface area (Å²) in [5.41, 5.74) is 1.16. The smallest absolute Gasteiger partial charge is 0.276 e. The van der Waals surface area contributed by atoms with Crippen LogP contribution in [0.2, 0.25) is 5.02 Å². The lowest BCUT2D eigenvalue weighted by Gasteiger charge is -2.13. The van der Waals surface area contributed by atoms with Crippen LogP contribution in [-0.2, 0) is 22.7 Å². The molecule has 0 saturated heterocycles. The third-order valence-electron chi connectivity index (χ3n) is 4.23. The van der Waals surface area contributed by atoms with Crippen molar-refractivity contribution in [3.63, 3.8) is 0 Å². The molecule has 28 heavy (non-hydrogen) atoms. The number of anilines is 1. The van der Waals surface area contributed by atoms with Crippen molar-refractivity contribution in [3.05, 3.63) is 32.9 Å². The molecule has 8 nitrogen and oxygen atoms in total. The zero-order chi connectivity index (χ0) is 20.5. The number of sulfone groups is 1. The summed E-state index contributed by atoms with van der Waals surface area (Å²) in [6.07, 6.45) is 5.67. The Kier molecular flexibility index (Phi) is 6.01. The highest BCUT2D eigenvalue weighted by molar-refractivity contribution is 7.90. The number of nitrogens with one attached hydrogen (secondary N) is 2. The molecule has 2 N–H and O–H groups in total. The molecule has 0 fully saturated rings. The van der Waals surface area contributed by atoms with Gasteiger partial charge in [-0.05, 0) is 38.2 Å². The summed E-state index contributed by atoms with van der Waals surface area (Å²) in [6.45, 7) is 2.29. The highest BCUT2D eigenvalue weighted by Crippen LogP contribution is 2.38. The van der Waals surface area contributed by atoms with E-state index < -0.39 is 20.9 Å². The van der Waals surface area contributed by atoms with Crippen LogP contribution in [0.25, 0.3) is 0 Å². The first kappa shape index (κ1) is 20.7. The number of aromatic nitrogens is 2. The maximum absolute atomic E-state index is 12.8. The van der Waals surface area contributed by atoms with Crippen molar-refractivity contribution in [2.45, 2.75) is 37.8 Å². The van der Waals surface area contributed by atoms with Crippen molar-refractivity contribution in [1.82, 2.24) is 15.3 Å². The van der Waals surface area contributed by atoms with Gasteiger partial charge in [0.05, 0.1) is 16.8 Å². The van der Waals surface area contributed by atoms with Crippen LogP contribution in [-0.4, -0.2) is 43.0 Å². The molecule has 2 amide bonds. The number of amides is 2. The fourth-order valence-electron chi connectivity index (χ4n) is 2.99. The van der Waals surface area contributed by atoms with Gasteiger partial charge < -0.3 is 10.6 Å². The number of aryl methyl sites for hydroxylation is 1. The number of thiophene rings is 1. The summed E-state index contributed by atoms with van der Waals surface area (Å²) in [5.74, 6) is -0.941. The third-order valence-corrected chi connectivity index (χ3v) is 6.58. The Morgan fingerprint density at radius 1 is 1.25 bits per heavy atom. The molecular formula is C17H19ClN4O4S2. The van der Waals surface area contributed by atoms with Crippen LogP contribution in [0.5, 0.6) is 0 Å². The van der Waals surface area contributed by atoms with Crippen LogP contribution < -0.4 is 10.6 Å². The number of fused-ring (bicyclic) bond motifs is 1. The Bertz CT molecular complexity index is 1050. The van der Waals surface area contributed by atoms with Gasteiger partial charge >= 0.3 is 0 Å². The van der Waals surface area contributed by atoms with Crippen molar-refractivity contribution < 1.29 is 18.0 Å². The number of carbonyl (C=O) groups is 2. The van der Waals surface area contributed by atoms with E-state index in [4.69, 9.17) is 11.6 Å². The van der Waals surface area contributed by atoms with Crippen LogP contribution >= 0.6 is 22.9 Å². The van der Waals surface area contributed by atoms with E-state index in [1.165, 1.54) is 11.3 Å². The number of rotatable bonds is 5. The number of halogens is 1. The highest BCUT2D eigenvalue weighted by atomic mass is 35.5. The van der Waals surface area contributed by atoms with Gasteiger partial charge in [0.25, 0.3) is 11.8 Å². The minimum atomic E-state index is -3.70. The summed E-state index contributed by atoms with van der Waals surface area (Å²) >= 11 is 7.36. The minimum Gasteiger partial charge on any atom is -0.352 e. The predicted octanol–water partition coefficient (Wildman–Crippen LogP) is 2.48. The fraction of sp³-hybridized carbons (Fsp3) is 0.412. The molecule has 3 rings (SSSR count). The lowest BCUT2D eigenvalue weighted by atomic mass is 9.95. The topological polar surface area (TPSA) is 118 Å². The normalized spacial score (nSPS) is 13.7. The molecule has 150 valence electrons. The van der Waals surface area contributed by atoms with Crippen LogP contribution in [0.1, 0.15) is 51.1 Å². The summed E-state index contributed by atoms with van der Waals surface area (Å²) in [5, 5.41) is 5.32. The van der Waals surface area contributed by atoms with E-state index in [2.05, 4.69) is 20.6 Å². The Morgan fingerprint density at radius 2 is 1.96 bits per heavy atom. The van der Waals surface area contributed by atoms with E-state index in [0.29, 0.717) is 17.1 Å². The van der Waals surface area contributed by atoms with Crippen molar-refractivity contribution in [2.24, 2.45) is 0 Å². The van der Waals surface area contributed by atoms with Gasteiger partial charge in [0, 0.05) is 17.7 Å². The van der Waals surface area contributed by atoms with Crippen molar-refractivity contribution in [1.29, 1.82) is 0 Å². The van der Waals surface area contributed by atoms with E-state index in [1.54, 1.807) is 0 Å². The molecule has 0 aromatic carbocycles. The van der Waals surface area contributed by atoms with Crippen LogP contribution in [0, 0.1) is 0 Å². The van der Waals surface area contributed by atoms with Gasteiger partial charge in [-0.15, -0.1) is 11.3 Å². The number of hydrogen-bond donors (Lipinski definition) is 2. The summed E-state index contributed by atoms with van der Waals surface area (Å²) < 4.78 is 23.3. The fourth-order valence-corrected chi connectivity index (χ4v) is 4.95. The minimum absolute atomic E-state index is 0.0780. The van der Waals surface area contributed by atoms with E-state index >= 15 is 0 Å². The summed E-state index contributed by atoms with van der Waals surface area (Å²) in [7, 11) is -3.70. The number of hydrogen-bond acceptors (Lipinski definition) is 7. The SMILES string of the molecule is CCNC(=O)c1c(NC(=O)c2nc(S(C)(=O)=O)ncc2Cl)sc2c1CCCC2. The zero-order valence-electron chi connectivity index (χ0n) is 15.3. The average Bonchev–Trinajstić information content (AvgIpc) is 2.99. The van der Waals surface area contributed by atoms with Gasteiger partial charge in [0.1, 0.15) is 5.00 Å². The molecule has 1 aliphatic carbocycles. The second-order valence-electron chi connectivity index (χ2n) is 6.35. The quantitative estimate of drug-likeness (QED) is 0.686. The highest BCUT2D eigenvalue weighted by Gasteiger charge is 2.27. The molecule has 2 heterocycles. The maximum Gasteiger partial charge on any atom is 0.276 e. The van der Waals surface area contributed by atoms with Gasteiger partial charge in [-0.25, -0.2) is 18.4 Å². The first-order chi connectivity index (χ1) is 13.2. The van der Waals surface area contributed by atoms with E-state index in [-0.39, 0.29) is 16.6 Å². The standard InChI is InChI=1S/C17H19ClN4O4S2/c1-3-19-14(23)12-9-6-4-5-7-11(9)27-16(12)22-15(24)13-10(18)8-20-17(21-13)28(2,25)26/h8H,3-7H2,1-2H3,(H,19,23)(H,22,24). The van der Waals surface area contributed by atoms with E-state index in [9.17, 15) is 18.0 Å². The largest absolute Gasteiger partial charge is 0.352 e. The van der Waals surface area contributed by atoms with Gasteiger partial charge in [-0.1, -0.05) is 11.6 Å². The second-order valence-corrected chi connectivity index (χ2v) is 9.77. The molecule has 0 saturated carbocycles. The van der Waals surface area contributed by atoms with Crippen molar-refractivity contribution in [2.75, 3.05) is 18.1 Å². The van der Waals surface area contributed by atoms with Gasteiger partial charge in [-0.3, -0.25) is 9.59 Å². The van der Waals surface area contributed by atoms with Crippen molar-refractivity contribution >= 4 is 49.6 Å². The van der Waals surface area contributed by atoms with Crippen LogP contribution in [0.3, 0.4) is 0 Å². The number of nitrogens with zero attached hydrogens (tertiary/aromatic N) is 2. The second kappa shape index (κ2) is 8.14. The predicted molar refractivity (Wildman–Crippen MR) is 107 cm³/mol.